The lowest BCUT2D eigenvalue weighted by atomic mass is 9.98. The molecule has 8 aromatic carbocycles. The predicted octanol–water partition coefficient (Wildman–Crippen LogP) is 12.8. The Hall–Kier alpha value is -7.04. The third-order valence-electron chi connectivity index (χ3n) is 10.4. The maximum atomic E-state index is 6.79. The molecule has 0 radical (unpaired) electrons. The first-order valence-corrected chi connectivity index (χ1v) is 17.6. The number of benzene rings is 8. The van der Waals surface area contributed by atoms with E-state index >= 15 is 0 Å². The molecule has 0 bridgehead atoms. The fraction of sp³-hybridized carbons (Fsp3) is 0. The molecule has 0 saturated carbocycles. The number of para-hydroxylation sites is 3. The van der Waals surface area contributed by atoms with Crippen LogP contribution in [-0.4, -0.2) is 14.5 Å². The lowest BCUT2D eigenvalue weighted by Crippen LogP contribution is -2.04. The Morgan fingerprint density at radius 2 is 1.13 bits per heavy atom. The minimum atomic E-state index is 0.625. The SMILES string of the molecule is c1ccc(-c2ccc3c(c2)c2cccc(-c4cccc5c4oc4ccc6ccccc6c45)c2n3-c2nc(-c3ccccc3)c3ccccc3n2)cc1. The predicted molar refractivity (Wildman–Crippen MR) is 215 cm³/mol. The third-order valence-corrected chi connectivity index (χ3v) is 10.4. The lowest BCUT2D eigenvalue weighted by molar-refractivity contribution is 0.670. The number of aromatic nitrogens is 3. The molecule has 0 aliphatic carbocycles. The van der Waals surface area contributed by atoms with Gasteiger partial charge in [-0.2, -0.15) is 0 Å². The first-order chi connectivity index (χ1) is 25.8. The van der Waals surface area contributed by atoms with E-state index in [4.69, 9.17) is 14.4 Å². The Morgan fingerprint density at radius 1 is 0.442 bits per heavy atom. The third kappa shape index (κ3) is 4.28. The second-order valence-corrected chi connectivity index (χ2v) is 13.3. The molecule has 52 heavy (non-hydrogen) atoms. The van der Waals surface area contributed by atoms with Gasteiger partial charge in [0.1, 0.15) is 11.2 Å². The van der Waals surface area contributed by atoms with Crippen LogP contribution >= 0.6 is 0 Å². The first kappa shape index (κ1) is 28.8. The molecule has 11 rings (SSSR count). The molecule has 0 fully saturated rings. The Bertz CT molecular complexity index is 3180. The van der Waals surface area contributed by atoms with Crippen molar-refractivity contribution in [1.29, 1.82) is 0 Å². The van der Waals surface area contributed by atoms with E-state index in [1.54, 1.807) is 0 Å². The van der Waals surface area contributed by atoms with Crippen LogP contribution in [0.4, 0.5) is 0 Å². The van der Waals surface area contributed by atoms with Crippen LogP contribution in [0.25, 0.3) is 105 Å². The molecule has 0 atom stereocenters. The normalized spacial score (nSPS) is 11.8. The number of rotatable bonds is 4. The zero-order valence-corrected chi connectivity index (χ0v) is 28.0. The zero-order chi connectivity index (χ0) is 34.2. The highest BCUT2D eigenvalue weighted by Gasteiger charge is 2.23. The minimum Gasteiger partial charge on any atom is -0.455 e. The van der Waals surface area contributed by atoms with Crippen molar-refractivity contribution >= 4 is 65.4 Å². The van der Waals surface area contributed by atoms with E-state index < -0.39 is 0 Å². The quantitative estimate of drug-likeness (QED) is 0.188. The van der Waals surface area contributed by atoms with E-state index in [-0.39, 0.29) is 0 Å². The van der Waals surface area contributed by atoms with E-state index in [0.717, 1.165) is 82.6 Å². The highest BCUT2D eigenvalue weighted by atomic mass is 16.3. The highest BCUT2D eigenvalue weighted by Crippen LogP contribution is 2.44. The average Bonchev–Trinajstić information content (AvgIpc) is 3.77. The van der Waals surface area contributed by atoms with Crippen molar-refractivity contribution in [1.82, 2.24) is 14.5 Å². The van der Waals surface area contributed by atoms with Crippen molar-refractivity contribution in [3.05, 3.63) is 176 Å². The summed E-state index contributed by atoms with van der Waals surface area (Å²) >= 11 is 0. The van der Waals surface area contributed by atoms with Crippen LogP contribution in [-0.2, 0) is 0 Å². The van der Waals surface area contributed by atoms with E-state index in [0.29, 0.717) is 5.95 Å². The van der Waals surface area contributed by atoms with Gasteiger partial charge in [0.25, 0.3) is 0 Å². The summed E-state index contributed by atoms with van der Waals surface area (Å²) in [6.07, 6.45) is 0. The second-order valence-electron chi connectivity index (χ2n) is 13.3. The minimum absolute atomic E-state index is 0.625. The standard InChI is InChI=1S/C48H29N3O/c1-3-13-30(14-4-1)33-25-27-42-40(29-33)36-21-11-20-35(37-22-12-23-39-44-34-18-8-7-15-31(34)26-28-43(44)52-47(37)39)46(36)51(42)48-49-41-24-10-9-19-38(41)45(50-48)32-16-5-2-6-17-32/h1-29H. The van der Waals surface area contributed by atoms with Crippen LogP contribution in [0.3, 0.4) is 0 Å². The van der Waals surface area contributed by atoms with Crippen molar-refractivity contribution in [3.8, 4) is 39.5 Å². The summed E-state index contributed by atoms with van der Waals surface area (Å²) in [5.74, 6) is 0.625. The lowest BCUT2D eigenvalue weighted by Gasteiger charge is -2.13. The number of hydrogen-bond donors (Lipinski definition) is 0. The monoisotopic (exact) mass is 663 g/mol. The molecule has 0 spiro atoms. The summed E-state index contributed by atoms with van der Waals surface area (Å²) in [4.78, 5) is 10.7. The van der Waals surface area contributed by atoms with E-state index in [9.17, 15) is 0 Å². The van der Waals surface area contributed by atoms with Gasteiger partial charge in [0.2, 0.25) is 5.95 Å². The van der Waals surface area contributed by atoms with Crippen molar-refractivity contribution in [2.45, 2.75) is 0 Å². The van der Waals surface area contributed by atoms with Gasteiger partial charge in [-0.05, 0) is 46.2 Å². The van der Waals surface area contributed by atoms with Crippen LogP contribution in [0.2, 0.25) is 0 Å². The van der Waals surface area contributed by atoms with Crippen LogP contribution in [0, 0.1) is 0 Å². The summed E-state index contributed by atoms with van der Waals surface area (Å²) < 4.78 is 9.04. The van der Waals surface area contributed by atoms with Crippen molar-refractivity contribution < 1.29 is 4.42 Å². The highest BCUT2D eigenvalue weighted by molar-refractivity contribution is 6.22. The Labute approximate surface area is 298 Å². The molecule has 0 unspecified atom stereocenters. The van der Waals surface area contributed by atoms with Crippen molar-refractivity contribution in [2.24, 2.45) is 0 Å². The number of hydrogen-bond acceptors (Lipinski definition) is 3. The molecule has 3 heterocycles. The fourth-order valence-corrected chi connectivity index (χ4v) is 8.06. The van der Waals surface area contributed by atoms with Gasteiger partial charge < -0.3 is 4.42 Å². The number of fused-ring (bicyclic) bond motifs is 9. The van der Waals surface area contributed by atoms with Crippen LogP contribution in [0.5, 0.6) is 0 Å². The molecular formula is C48H29N3O. The topological polar surface area (TPSA) is 43.9 Å². The van der Waals surface area contributed by atoms with E-state index in [1.165, 1.54) is 16.3 Å². The summed E-state index contributed by atoms with van der Waals surface area (Å²) in [5, 5.41) is 7.91. The molecule has 4 heteroatoms. The van der Waals surface area contributed by atoms with Gasteiger partial charge in [-0.3, -0.25) is 4.57 Å². The molecule has 4 nitrogen and oxygen atoms in total. The molecule has 0 aliphatic heterocycles. The van der Waals surface area contributed by atoms with E-state index in [1.807, 2.05) is 12.1 Å². The molecule has 11 aromatic rings. The number of nitrogens with zero attached hydrogens (tertiary/aromatic N) is 3. The van der Waals surface area contributed by atoms with Gasteiger partial charge in [-0.25, -0.2) is 9.97 Å². The summed E-state index contributed by atoms with van der Waals surface area (Å²) in [6, 6.07) is 61.8. The smallest absolute Gasteiger partial charge is 0.235 e. The summed E-state index contributed by atoms with van der Waals surface area (Å²) in [7, 11) is 0. The van der Waals surface area contributed by atoms with Gasteiger partial charge in [0.15, 0.2) is 0 Å². The molecular weight excluding hydrogens is 635 g/mol. The van der Waals surface area contributed by atoms with Gasteiger partial charge >= 0.3 is 0 Å². The Morgan fingerprint density at radius 3 is 1.98 bits per heavy atom. The molecule has 0 N–H and O–H groups in total. The van der Waals surface area contributed by atoms with Gasteiger partial charge in [-0.1, -0.05) is 152 Å². The van der Waals surface area contributed by atoms with Gasteiger partial charge in [0.05, 0.1) is 22.2 Å². The second kappa shape index (κ2) is 11.2. The first-order valence-electron chi connectivity index (χ1n) is 17.6. The van der Waals surface area contributed by atoms with Crippen molar-refractivity contribution in [3.63, 3.8) is 0 Å². The summed E-state index contributed by atoms with van der Waals surface area (Å²) in [5.41, 5.74) is 11.1. The largest absolute Gasteiger partial charge is 0.455 e. The molecule has 242 valence electrons. The maximum Gasteiger partial charge on any atom is 0.235 e. The average molecular weight is 664 g/mol. The molecule has 0 amide bonds. The molecule has 0 saturated heterocycles. The van der Waals surface area contributed by atoms with Crippen molar-refractivity contribution in [2.75, 3.05) is 0 Å². The maximum absolute atomic E-state index is 6.79. The van der Waals surface area contributed by atoms with Crippen LogP contribution < -0.4 is 0 Å². The molecule has 3 aromatic heterocycles. The van der Waals surface area contributed by atoms with Gasteiger partial charge in [0, 0.05) is 43.6 Å². The fourth-order valence-electron chi connectivity index (χ4n) is 8.06. The summed E-state index contributed by atoms with van der Waals surface area (Å²) in [6.45, 7) is 0. The molecule has 0 aliphatic rings. The van der Waals surface area contributed by atoms with Crippen LogP contribution in [0.15, 0.2) is 180 Å². The van der Waals surface area contributed by atoms with Crippen LogP contribution in [0.1, 0.15) is 0 Å². The van der Waals surface area contributed by atoms with E-state index in [2.05, 4.69) is 168 Å². The number of furan rings is 1. The zero-order valence-electron chi connectivity index (χ0n) is 28.0. The Balaban J connectivity index is 1.27. The van der Waals surface area contributed by atoms with Gasteiger partial charge in [-0.15, -0.1) is 0 Å². The Kier molecular flexibility index (Phi) is 6.22.